The highest BCUT2D eigenvalue weighted by atomic mass is 32.2. The van der Waals surface area contributed by atoms with Gasteiger partial charge in [0, 0.05) is 6.26 Å². The fourth-order valence-corrected chi connectivity index (χ4v) is 3.34. The molecule has 160 valence electrons. The molecule has 0 radical (unpaired) electrons. The van der Waals surface area contributed by atoms with E-state index in [4.69, 9.17) is 19.6 Å². The molecule has 0 N–H and O–H groups in total. The van der Waals surface area contributed by atoms with Crippen LogP contribution in [0.5, 0.6) is 5.75 Å². The van der Waals surface area contributed by atoms with E-state index in [0.717, 1.165) is 13.4 Å². The van der Waals surface area contributed by atoms with Gasteiger partial charge >= 0.3 is 17.5 Å². The van der Waals surface area contributed by atoms with Crippen molar-refractivity contribution >= 4 is 21.5 Å². The normalized spacial score (nSPS) is 16.6. The molecule has 1 atom stereocenters. The highest BCUT2D eigenvalue weighted by molar-refractivity contribution is 7.91. The number of sulfone groups is 1. The highest BCUT2D eigenvalue weighted by Crippen LogP contribution is 2.29. The number of rotatable bonds is 7. The van der Waals surface area contributed by atoms with Crippen molar-refractivity contribution in [3.63, 3.8) is 0 Å². The Morgan fingerprint density at radius 1 is 1.43 bits per heavy atom. The minimum atomic E-state index is -4.04. The Morgan fingerprint density at radius 3 is 2.57 bits per heavy atom. The van der Waals surface area contributed by atoms with Crippen LogP contribution in [-0.2, 0) is 24.2 Å². The van der Waals surface area contributed by atoms with Crippen molar-refractivity contribution in [1.82, 2.24) is 5.06 Å². The molecule has 0 spiro atoms. The van der Waals surface area contributed by atoms with Crippen LogP contribution < -0.4 is 4.74 Å². The van der Waals surface area contributed by atoms with E-state index in [1.165, 1.54) is 25.1 Å². The van der Waals surface area contributed by atoms with Crippen LogP contribution >= 0.6 is 0 Å². The smallest absolute Gasteiger partial charge is 0.364 e. The third-order valence-electron chi connectivity index (χ3n) is 3.83. The van der Waals surface area contributed by atoms with Gasteiger partial charge in [-0.15, -0.1) is 0 Å². The standard InChI is InChI=1S/C17H18N4O8S/c1-5-28-16(22)13-14(21(23)24)15(20(27-3)17(19-13)30(4,25)26)29-12-7-6-11(9-18)10(2)8-12/h6-8,17H,5H2,1-4H3. The number of nitriles is 1. The lowest BCUT2D eigenvalue weighted by Crippen LogP contribution is -2.47. The molecule has 12 nitrogen and oxygen atoms in total. The number of carbonyl (C=O) groups is 1. The first-order valence-corrected chi connectivity index (χ1v) is 10.3. The zero-order valence-electron chi connectivity index (χ0n) is 16.5. The summed E-state index contributed by atoms with van der Waals surface area (Å²) in [5.41, 5.74) is -2.74. The van der Waals surface area contributed by atoms with Crippen LogP contribution in [0.2, 0.25) is 0 Å². The van der Waals surface area contributed by atoms with Gasteiger partial charge in [-0.25, -0.2) is 18.2 Å². The van der Waals surface area contributed by atoms with Crippen molar-refractivity contribution in [2.24, 2.45) is 4.99 Å². The molecule has 0 saturated carbocycles. The molecule has 0 aromatic heterocycles. The summed E-state index contributed by atoms with van der Waals surface area (Å²) in [6, 6.07) is 6.16. The van der Waals surface area contributed by atoms with Gasteiger partial charge < -0.3 is 9.47 Å². The number of nitro groups is 1. The molecule has 1 heterocycles. The summed E-state index contributed by atoms with van der Waals surface area (Å²) in [6.07, 6.45) is 0.816. The zero-order valence-corrected chi connectivity index (χ0v) is 17.3. The number of ether oxygens (including phenoxy) is 2. The number of aryl methyl sites for hydroxylation is 1. The van der Waals surface area contributed by atoms with Crippen LogP contribution in [0.25, 0.3) is 0 Å². The summed E-state index contributed by atoms with van der Waals surface area (Å²) in [5, 5.41) is 21.4. The number of nitrogens with zero attached hydrogens (tertiary/aromatic N) is 4. The Labute approximate surface area is 172 Å². The Kier molecular flexibility index (Phi) is 6.75. The number of esters is 1. The second-order valence-electron chi connectivity index (χ2n) is 5.96. The Bertz CT molecular complexity index is 1090. The van der Waals surface area contributed by atoms with Crippen molar-refractivity contribution < 1.29 is 32.4 Å². The fraction of sp³-hybridized carbons (Fsp3) is 0.353. The lowest BCUT2D eigenvalue weighted by Gasteiger charge is -2.31. The second kappa shape index (κ2) is 8.89. The molecule has 1 aromatic rings. The van der Waals surface area contributed by atoms with Gasteiger partial charge in [0.05, 0.1) is 30.3 Å². The first kappa shape index (κ1) is 22.8. The summed E-state index contributed by atoms with van der Waals surface area (Å²) in [7, 11) is -2.97. The lowest BCUT2D eigenvalue weighted by atomic mass is 10.1. The number of hydroxylamine groups is 2. The Morgan fingerprint density at radius 2 is 2.10 bits per heavy atom. The van der Waals surface area contributed by atoms with Crippen molar-refractivity contribution in [3.05, 3.63) is 51.0 Å². The largest absolute Gasteiger partial charge is 0.461 e. The van der Waals surface area contributed by atoms with Crippen molar-refractivity contribution in [3.8, 4) is 11.8 Å². The third-order valence-corrected chi connectivity index (χ3v) is 4.89. The van der Waals surface area contributed by atoms with Gasteiger partial charge in [0.2, 0.25) is 5.71 Å². The fourth-order valence-electron chi connectivity index (χ4n) is 2.52. The monoisotopic (exact) mass is 438 g/mol. The first-order chi connectivity index (χ1) is 14.0. The molecule has 0 saturated heterocycles. The Hall–Kier alpha value is -3.50. The molecule has 30 heavy (non-hydrogen) atoms. The molecule has 1 aliphatic rings. The van der Waals surface area contributed by atoms with Crippen LogP contribution in [0.1, 0.15) is 18.1 Å². The van der Waals surface area contributed by atoms with E-state index < -0.39 is 43.5 Å². The first-order valence-electron chi connectivity index (χ1n) is 8.39. The minimum absolute atomic E-state index is 0.0419. The maximum Gasteiger partial charge on any atom is 0.364 e. The summed E-state index contributed by atoms with van der Waals surface area (Å²) in [6.45, 7) is 2.97. The van der Waals surface area contributed by atoms with Crippen molar-refractivity contribution in [2.75, 3.05) is 20.0 Å². The van der Waals surface area contributed by atoms with Gasteiger partial charge in [-0.05, 0) is 37.6 Å². The van der Waals surface area contributed by atoms with Gasteiger partial charge in [-0.3, -0.25) is 15.0 Å². The molecule has 2 rings (SSSR count). The van der Waals surface area contributed by atoms with Gasteiger partial charge in [0.1, 0.15) is 5.75 Å². The summed E-state index contributed by atoms with van der Waals surface area (Å²) < 4.78 is 34.8. The van der Waals surface area contributed by atoms with Crippen LogP contribution in [0, 0.1) is 28.4 Å². The van der Waals surface area contributed by atoms with Crippen LogP contribution in [0.15, 0.2) is 34.8 Å². The van der Waals surface area contributed by atoms with E-state index in [2.05, 4.69) is 4.99 Å². The predicted octanol–water partition coefficient (Wildman–Crippen LogP) is 0.901. The Balaban J connectivity index is 2.72. The average molecular weight is 438 g/mol. The summed E-state index contributed by atoms with van der Waals surface area (Å²) in [4.78, 5) is 31.8. The van der Waals surface area contributed by atoms with Crippen molar-refractivity contribution in [2.45, 2.75) is 19.3 Å². The van der Waals surface area contributed by atoms with Crippen LogP contribution in [0.3, 0.4) is 0 Å². The van der Waals surface area contributed by atoms with E-state index in [0.29, 0.717) is 16.2 Å². The van der Waals surface area contributed by atoms with E-state index in [1.54, 1.807) is 6.92 Å². The highest BCUT2D eigenvalue weighted by Gasteiger charge is 2.47. The van der Waals surface area contributed by atoms with Gasteiger partial charge in [0.25, 0.3) is 5.50 Å². The number of aliphatic imine (C=N–C) groups is 1. The van der Waals surface area contributed by atoms with Gasteiger partial charge in [-0.1, -0.05) is 0 Å². The SMILES string of the molecule is CCOC(=O)C1=NC(S(C)(=O)=O)N(OC)C(Oc2ccc(C#N)c(C)c2)=C1[N+](=O)[O-]. The van der Waals surface area contributed by atoms with Crippen molar-refractivity contribution in [1.29, 1.82) is 5.26 Å². The topological polar surface area (TPSA) is 161 Å². The lowest BCUT2D eigenvalue weighted by molar-refractivity contribution is -0.421. The maximum atomic E-state index is 12.3. The molecular formula is C17H18N4O8S. The number of hydrogen-bond acceptors (Lipinski definition) is 11. The summed E-state index contributed by atoms with van der Waals surface area (Å²) in [5.74, 6) is -1.83. The van der Waals surface area contributed by atoms with Crippen LogP contribution in [-0.4, -0.2) is 55.6 Å². The molecule has 1 unspecified atom stereocenters. The quantitative estimate of drug-likeness (QED) is 0.340. The van der Waals surface area contributed by atoms with E-state index in [1.807, 2.05) is 6.07 Å². The molecule has 1 aliphatic heterocycles. The second-order valence-corrected chi connectivity index (χ2v) is 8.04. The third kappa shape index (κ3) is 4.56. The van der Waals surface area contributed by atoms with E-state index in [9.17, 15) is 23.3 Å². The molecular weight excluding hydrogens is 420 g/mol. The molecule has 1 aromatic carbocycles. The molecule has 13 heteroatoms. The summed E-state index contributed by atoms with van der Waals surface area (Å²) >= 11 is 0. The van der Waals surface area contributed by atoms with E-state index in [-0.39, 0.29) is 12.4 Å². The number of benzene rings is 1. The number of hydrogen-bond donors (Lipinski definition) is 0. The van der Waals surface area contributed by atoms with Gasteiger partial charge in [-0.2, -0.15) is 10.3 Å². The molecule has 0 aliphatic carbocycles. The predicted molar refractivity (Wildman–Crippen MR) is 102 cm³/mol. The molecule has 0 bridgehead atoms. The molecule has 0 amide bonds. The number of carbonyl (C=O) groups excluding carboxylic acids is 1. The van der Waals surface area contributed by atoms with E-state index >= 15 is 0 Å². The molecule has 0 fully saturated rings. The van der Waals surface area contributed by atoms with Gasteiger partial charge in [0.15, 0.2) is 9.84 Å². The maximum absolute atomic E-state index is 12.3. The minimum Gasteiger partial charge on any atom is -0.461 e. The van der Waals surface area contributed by atoms with Crippen LogP contribution in [0.4, 0.5) is 0 Å². The average Bonchev–Trinajstić information content (AvgIpc) is 2.66. The zero-order chi connectivity index (χ0) is 22.6.